The minimum atomic E-state index is -2.29. The monoisotopic (exact) mass is 605 g/mol. The summed E-state index contributed by atoms with van der Waals surface area (Å²) in [7, 11) is 0. The van der Waals surface area contributed by atoms with Gasteiger partial charge in [0, 0.05) is 28.0 Å². The second-order valence-electron chi connectivity index (χ2n) is 13.6. The molecule has 1 saturated heterocycles. The Balaban J connectivity index is 1.21. The minimum absolute atomic E-state index is 0.0393. The van der Waals surface area contributed by atoms with Crippen LogP contribution in [-0.4, -0.2) is 58.0 Å². The number of rotatable bonds is 5. The lowest BCUT2D eigenvalue weighted by Crippen LogP contribution is -2.70. The highest BCUT2D eigenvalue weighted by Gasteiger charge is 2.80. The van der Waals surface area contributed by atoms with Gasteiger partial charge in [0.15, 0.2) is 29.1 Å². The Morgan fingerprint density at radius 1 is 1.09 bits per heavy atom. The zero-order chi connectivity index (χ0) is 31.2. The summed E-state index contributed by atoms with van der Waals surface area (Å²) in [5.74, 6) is -2.60. The zero-order valence-electron chi connectivity index (χ0n) is 24.7. The van der Waals surface area contributed by atoms with E-state index < -0.39 is 76.8 Å². The number of nitrogens with two attached hydrogens (primary N) is 1. The van der Waals surface area contributed by atoms with Gasteiger partial charge in [0.1, 0.15) is 12.8 Å². The predicted molar refractivity (Wildman–Crippen MR) is 158 cm³/mol. The summed E-state index contributed by atoms with van der Waals surface area (Å²) in [5.41, 5.74) is 2.78. The predicted octanol–water partition coefficient (Wildman–Crippen LogP) is 4.50. The van der Waals surface area contributed by atoms with Crippen molar-refractivity contribution in [3.05, 3.63) is 89.0 Å². The minimum Gasteiger partial charge on any atom is -0.399 e. The third kappa shape index (κ3) is 3.79. The molecule has 1 heterocycles. The van der Waals surface area contributed by atoms with Crippen molar-refractivity contribution in [2.24, 2.45) is 22.7 Å². The highest BCUT2D eigenvalue weighted by molar-refractivity contribution is 6.01. The van der Waals surface area contributed by atoms with Gasteiger partial charge in [0.2, 0.25) is 0 Å². The van der Waals surface area contributed by atoms with Gasteiger partial charge in [-0.25, -0.2) is 8.78 Å². The van der Waals surface area contributed by atoms with Crippen LogP contribution in [0.25, 0.3) is 0 Å². The molecule has 9 heteroatoms. The van der Waals surface area contributed by atoms with Crippen molar-refractivity contribution in [1.29, 1.82) is 0 Å². The number of fused-ring (bicyclic) bond motifs is 7. The number of alkyl halides is 2. The van der Waals surface area contributed by atoms with Gasteiger partial charge in [-0.3, -0.25) is 9.59 Å². The Labute approximate surface area is 254 Å². The van der Waals surface area contributed by atoms with Crippen LogP contribution in [0.2, 0.25) is 0 Å². The molecule has 5 aliphatic rings. The largest absolute Gasteiger partial charge is 0.399 e. The van der Waals surface area contributed by atoms with Crippen LogP contribution in [0.3, 0.4) is 0 Å². The molecule has 0 amide bonds. The first-order valence-corrected chi connectivity index (χ1v) is 15.2. The molecule has 4 fully saturated rings. The van der Waals surface area contributed by atoms with Crippen LogP contribution in [0.5, 0.6) is 0 Å². The molecule has 3 unspecified atom stereocenters. The fourth-order valence-electron chi connectivity index (χ4n) is 9.45. The van der Waals surface area contributed by atoms with Crippen molar-refractivity contribution in [3.63, 3.8) is 0 Å². The lowest BCUT2D eigenvalue weighted by molar-refractivity contribution is -0.235. The first-order chi connectivity index (χ1) is 20.9. The smallest absolute Gasteiger partial charge is 0.193 e. The molecule has 2 aromatic carbocycles. The molecule has 0 aromatic heterocycles. The van der Waals surface area contributed by atoms with E-state index in [-0.39, 0.29) is 24.8 Å². The van der Waals surface area contributed by atoms with Gasteiger partial charge in [-0.1, -0.05) is 49.4 Å². The maximum absolute atomic E-state index is 17.5. The maximum Gasteiger partial charge on any atom is 0.193 e. The summed E-state index contributed by atoms with van der Waals surface area (Å²) in [4.78, 5) is 25.8. The number of halogens is 2. The summed E-state index contributed by atoms with van der Waals surface area (Å²) < 4.78 is 46.3. The number of carbonyl (C=O) groups is 2. The molecule has 10 atom stereocenters. The van der Waals surface area contributed by atoms with Gasteiger partial charge in [0.25, 0.3) is 0 Å². The van der Waals surface area contributed by atoms with Crippen molar-refractivity contribution in [3.8, 4) is 0 Å². The van der Waals surface area contributed by atoms with Crippen molar-refractivity contribution >= 4 is 17.3 Å². The Kier molecular flexibility index (Phi) is 6.62. The molecule has 0 bridgehead atoms. The Morgan fingerprint density at radius 2 is 1.84 bits per heavy atom. The van der Waals surface area contributed by atoms with Crippen LogP contribution in [0.4, 0.5) is 14.5 Å². The number of Topliss-reactive ketones (excluding diaryl/α,β-unsaturated/α-hetero) is 1. The highest BCUT2D eigenvalue weighted by Crippen LogP contribution is 2.72. The molecular formula is C35H37F2NO6. The molecule has 0 radical (unpaired) electrons. The SMILES string of the molecule is CC12C[C@H](O)[C@@]3(F)C(C[C@H](F)C4=CC(=O)C=CC43C)[C@@H]1C[C@H]1O[C@@H](c3ccc(Cc4cccc(N)c4)cc3)O[C@]12C(=O)CO. The van der Waals surface area contributed by atoms with Gasteiger partial charge < -0.3 is 25.4 Å². The molecule has 44 heavy (non-hydrogen) atoms. The van der Waals surface area contributed by atoms with Crippen LogP contribution < -0.4 is 5.73 Å². The lowest BCUT2D eigenvalue weighted by atomic mass is 9.44. The number of hydrogen-bond donors (Lipinski definition) is 3. The van der Waals surface area contributed by atoms with Crippen LogP contribution in [0.1, 0.15) is 56.1 Å². The van der Waals surface area contributed by atoms with Crippen molar-refractivity contribution in [1.82, 2.24) is 0 Å². The van der Waals surface area contributed by atoms with Gasteiger partial charge in [-0.2, -0.15) is 0 Å². The fraction of sp³-hybridized carbons (Fsp3) is 0.486. The quantitative estimate of drug-likeness (QED) is 0.430. The van der Waals surface area contributed by atoms with Crippen LogP contribution in [-0.2, 0) is 25.5 Å². The number of carbonyl (C=O) groups excluding carboxylic acids is 2. The van der Waals surface area contributed by atoms with E-state index in [4.69, 9.17) is 15.2 Å². The van der Waals surface area contributed by atoms with E-state index in [1.165, 1.54) is 19.1 Å². The maximum atomic E-state index is 17.5. The number of ketones is 2. The molecule has 4 N–H and O–H groups in total. The van der Waals surface area contributed by atoms with Crippen molar-refractivity contribution in [2.75, 3.05) is 12.3 Å². The molecule has 0 spiro atoms. The van der Waals surface area contributed by atoms with Gasteiger partial charge in [0.05, 0.1) is 12.2 Å². The highest BCUT2D eigenvalue weighted by atomic mass is 19.1. The topological polar surface area (TPSA) is 119 Å². The van der Waals surface area contributed by atoms with Crippen LogP contribution in [0, 0.1) is 22.7 Å². The molecule has 2 aromatic rings. The average molecular weight is 606 g/mol. The molecule has 4 aliphatic carbocycles. The van der Waals surface area contributed by atoms with E-state index in [1.807, 2.05) is 48.5 Å². The third-order valence-electron chi connectivity index (χ3n) is 11.5. The Morgan fingerprint density at radius 3 is 2.55 bits per heavy atom. The normalized spacial score (nSPS) is 42.2. The van der Waals surface area contributed by atoms with E-state index in [9.17, 15) is 19.8 Å². The zero-order valence-corrected chi connectivity index (χ0v) is 24.7. The Hall–Kier alpha value is -3.24. The molecule has 7 nitrogen and oxygen atoms in total. The number of anilines is 1. The van der Waals surface area contributed by atoms with Gasteiger partial charge in [-0.05, 0) is 79.5 Å². The molecule has 1 aliphatic heterocycles. The second-order valence-corrected chi connectivity index (χ2v) is 13.6. The second kappa shape index (κ2) is 9.88. The first-order valence-electron chi connectivity index (χ1n) is 15.2. The number of ether oxygens (including phenoxy) is 2. The fourth-order valence-corrected chi connectivity index (χ4v) is 9.45. The van der Waals surface area contributed by atoms with Gasteiger partial charge in [-0.15, -0.1) is 0 Å². The van der Waals surface area contributed by atoms with E-state index in [0.29, 0.717) is 17.7 Å². The summed E-state index contributed by atoms with van der Waals surface area (Å²) in [5, 5.41) is 21.8. The van der Waals surface area contributed by atoms with Gasteiger partial charge >= 0.3 is 0 Å². The lowest BCUT2D eigenvalue weighted by Gasteiger charge is -2.63. The summed E-state index contributed by atoms with van der Waals surface area (Å²) in [6, 6.07) is 15.3. The van der Waals surface area contributed by atoms with Crippen molar-refractivity contribution in [2.45, 2.75) is 75.5 Å². The Bertz CT molecular complexity index is 1590. The third-order valence-corrected chi connectivity index (χ3v) is 11.5. The molecule has 7 rings (SSSR count). The number of benzene rings is 2. The number of allylic oxidation sites excluding steroid dienone is 4. The number of nitrogen functional groups attached to an aromatic ring is 1. The van der Waals surface area contributed by atoms with E-state index in [2.05, 4.69) is 0 Å². The molecular weight excluding hydrogens is 568 g/mol. The van der Waals surface area contributed by atoms with E-state index >= 15 is 8.78 Å². The number of hydrogen-bond acceptors (Lipinski definition) is 7. The van der Waals surface area contributed by atoms with Crippen LogP contribution >= 0.6 is 0 Å². The summed E-state index contributed by atoms with van der Waals surface area (Å²) in [6.07, 6.45) is -0.720. The number of aliphatic hydroxyl groups is 2. The summed E-state index contributed by atoms with van der Waals surface area (Å²) in [6.45, 7) is 2.49. The van der Waals surface area contributed by atoms with Crippen molar-refractivity contribution < 1.29 is 38.1 Å². The van der Waals surface area contributed by atoms with E-state index in [1.54, 1.807) is 6.92 Å². The average Bonchev–Trinajstić information content (AvgIpc) is 3.49. The van der Waals surface area contributed by atoms with Crippen LogP contribution in [0.15, 0.2) is 72.3 Å². The number of aliphatic hydroxyl groups excluding tert-OH is 2. The molecule has 3 saturated carbocycles. The molecule has 232 valence electrons. The standard InChI is InChI=1S/C35H37F2NO6/c1-32-11-10-23(40)14-26(32)27(36)15-25-24-16-30-35(29(42)18-39,33(24,2)17-28(41)34(25,32)37)44-31(43-30)21-8-6-19(7-9-21)12-20-4-3-5-22(38)13-20/h3-11,13-14,24-25,27-28,30-31,39,41H,12,15-18,38H2,1-2H3/t24-,25?,27-,28-,30+,31+,32?,33?,34-,35+/m0/s1. The summed E-state index contributed by atoms with van der Waals surface area (Å²) >= 11 is 0. The first kappa shape index (κ1) is 29.5. The van der Waals surface area contributed by atoms with E-state index in [0.717, 1.165) is 17.2 Å².